The van der Waals surface area contributed by atoms with Crippen molar-refractivity contribution in [3.05, 3.63) is 23.7 Å². The Morgan fingerprint density at radius 1 is 1.44 bits per heavy atom. The highest BCUT2D eigenvalue weighted by Crippen LogP contribution is 2.27. The predicted octanol–water partition coefficient (Wildman–Crippen LogP) is 3.41. The molecule has 1 aromatic carbocycles. The lowest BCUT2D eigenvalue weighted by molar-refractivity contribution is -0.155. The van der Waals surface area contributed by atoms with Gasteiger partial charge in [0.25, 0.3) is 0 Å². The number of hydrogen-bond acceptors (Lipinski definition) is 4. The average molecular weight is 271 g/mol. The van der Waals surface area contributed by atoms with Crippen LogP contribution in [0.1, 0.15) is 0 Å². The highest BCUT2D eigenvalue weighted by Gasteiger charge is 2.39. The molecule has 0 aliphatic rings. The highest BCUT2D eigenvalue weighted by molar-refractivity contribution is 7.16. The first kappa shape index (κ1) is 12.6. The van der Waals surface area contributed by atoms with Crippen molar-refractivity contribution in [2.45, 2.75) is 6.18 Å². The lowest BCUT2D eigenvalue weighted by Gasteiger charge is -2.14. The van der Waals surface area contributed by atoms with E-state index in [4.69, 9.17) is 5.26 Å². The number of aromatic nitrogens is 1. The van der Waals surface area contributed by atoms with Gasteiger partial charge in [-0.3, -0.25) is 0 Å². The first-order valence-corrected chi connectivity index (χ1v) is 5.92. The van der Waals surface area contributed by atoms with Gasteiger partial charge in [-0.15, -0.1) is 11.3 Å². The number of alkyl halides is 3. The van der Waals surface area contributed by atoms with Crippen LogP contribution in [0.15, 0.2) is 23.7 Å². The summed E-state index contributed by atoms with van der Waals surface area (Å²) in [7, 11) is 0. The van der Waals surface area contributed by atoms with Crippen LogP contribution in [0, 0.1) is 17.2 Å². The Morgan fingerprint density at radius 3 is 2.89 bits per heavy atom. The molecule has 0 amide bonds. The van der Waals surface area contributed by atoms with E-state index in [0.29, 0.717) is 5.69 Å². The Hall–Kier alpha value is -1.81. The Kier molecular flexibility index (Phi) is 3.39. The number of anilines is 1. The van der Waals surface area contributed by atoms with Crippen molar-refractivity contribution >= 4 is 27.2 Å². The SMILES string of the molecule is N#CC(CNc1ccc2ncsc2c1)C(F)(F)F. The number of nitriles is 1. The van der Waals surface area contributed by atoms with Gasteiger partial charge in [0, 0.05) is 12.2 Å². The number of benzene rings is 1. The average Bonchev–Trinajstić information content (AvgIpc) is 2.75. The lowest BCUT2D eigenvalue weighted by Crippen LogP contribution is -2.28. The summed E-state index contributed by atoms with van der Waals surface area (Å²) < 4.78 is 38.0. The summed E-state index contributed by atoms with van der Waals surface area (Å²) in [6.45, 7) is -0.454. The molecule has 0 aliphatic heterocycles. The van der Waals surface area contributed by atoms with Crippen molar-refractivity contribution in [3.8, 4) is 6.07 Å². The Bertz CT molecular complexity index is 585. The summed E-state index contributed by atoms with van der Waals surface area (Å²) in [5.41, 5.74) is 3.02. The molecule has 1 unspecified atom stereocenters. The number of thiazole rings is 1. The van der Waals surface area contributed by atoms with Crippen molar-refractivity contribution in [2.75, 3.05) is 11.9 Å². The third kappa shape index (κ3) is 2.71. The maximum atomic E-state index is 12.4. The van der Waals surface area contributed by atoms with Gasteiger partial charge in [0.15, 0.2) is 5.92 Å². The van der Waals surface area contributed by atoms with Crippen LogP contribution in [-0.4, -0.2) is 17.7 Å². The monoisotopic (exact) mass is 271 g/mol. The summed E-state index contributed by atoms with van der Waals surface area (Å²) in [5.74, 6) is -2.00. The maximum absolute atomic E-state index is 12.4. The van der Waals surface area contributed by atoms with E-state index in [9.17, 15) is 13.2 Å². The first-order valence-electron chi connectivity index (χ1n) is 5.04. The van der Waals surface area contributed by atoms with Gasteiger partial charge in [-0.2, -0.15) is 18.4 Å². The smallest absolute Gasteiger partial charge is 0.383 e. The van der Waals surface area contributed by atoms with Crippen LogP contribution < -0.4 is 5.32 Å². The third-order valence-electron chi connectivity index (χ3n) is 2.39. The molecule has 0 aliphatic carbocycles. The van der Waals surface area contributed by atoms with Crippen LogP contribution in [0.2, 0.25) is 0 Å². The molecule has 2 aromatic rings. The van der Waals surface area contributed by atoms with Crippen LogP contribution in [0.25, 0.3) is 10.2 Å². The van der Waals surface area contributed by atoms with Crippen LogP contribution in [-0.2, 0) is 0 Å². The number of nitrogens with one attached hydrogen (secondary N) is 1. The standard InChI is InChI=1S/C11H8F3N3S/c12-11(13,14)7(4-15)5-16-8-1-2-9-10(3-8)18-6-17-9/h1-3,6-7,16H,5H2. The van der Waals surface area contributed by atoms with E-state index in [2.05, 4.69) is 10.3 Å². The van der Waals surface area contributed by atoms with Crippen molar-refractivity contribution in [1.82, 2.24) is 4.98 Å². The number of rotatable bonds is 3. The quantitative estimate of drug-likeness (QED) is 0.930. The van der Waals surface area contributed by atoms with Crippen molar-refractivity contribution in [3.63, 3.8) is 0 Å². The third-order valence-corrected chi connectivity index (χ3v) is 3.18. The van der Waals surface area contributed by atoms with E-state index < -0.39 is 18.6 Å². The predicted molar refractivity (Wildman–Crippen MR) is 63.3 cm³/mol. The first-order chi connectivity index (χ1) is 8.50. The number of nitrogens with zero attached hydrogens (tertiary/aromatic N) is 2. The summed E-state index contributed by atoms with van der Waals surface area (Å²) in [4.78, 5) is 4.07. The van der Waals surface area contributed by atoms with Crippen LogP contribution in [0.4, 0.5) is 18.9 Å². The molecule has 1 aromatic heterocycles. The normalized spacial score (nSPS) is 13.2. The molecule has 0 radical (unpaired) electrons. The van der Waals surface area contributed by atoms with E-state index >= 15 is 0 Å². The minimum absolute atomic E-state index is 0.454. The summed E-state index contributed by atoms with van der Waals surface area (Å²) in [6.07, 6.45) is -4.50. The summed E-state index contributed by atoms with van der Waals surface area (Å²) in [5, 5.41) is 11.1. The molecule has 7 heteroatoms. The van der Waals surface area contributed by atoms with Gasteiger partial charge in [-0.05, 0) is 18.2 Å². The largest absolute Gasteiger partial charge is 0.406 e. The van der Waals surface area contributed by atoms with Gasteiger partial charge in [-0.1, -0.05) is 0 Å². The van der Waals surface area contributed by atoms with Crippen LogP contribution in [0.3, 0.4) is 0 Å². The van der Waals surface area contributed by atoms with E-state index in [1.165, 1.54) is 17.4 Å². The summed E-state index contributed by atoms with van der Waals surface area (Å²) >= 11 is 1.41. The fourth-order valence-corrected chi connectivity index (χ4v) is 2.14. The summed E-state index contributed by atoms with van der Waals surface area (Å²) in [6, 6.07) is 6.34. The zero-order valence-electron chi connectivity index (χ0n) is 9.03. The fraction of sp³-hybridized carbons (Fsp3) is 0.273. The molecule has 94 valence electrons. The van der Waals surface area contributed by atoms with Crippen LogP contribution >= 0.6 is 11.3 Å². The van der Waals surface area contributed by atoms with Gasteiger partial charge in [0.1, 0.15) is 0 Å². The van der Waals surface area contributed by atoms with Gasteiger partial charge in [-0.25, -0.2) is 4.98 Å². The van der Waals surface area contributed by atoms with Gasteiger partial charge in [0.05, 0.1) is 21.8 Å². The topological polar surface area (TPSA) is 48.7 Å². The molecule has 0 fully saturated rings. The second-order valence-electron chi connectivity index (χ2n) is 3.64. The lowest BCUT2D eigenvalue weighted by atomic mass is 10.1. The molecule has 3 nitrogen and oxygen atoms in total. The Labute approximate surface area is 105 Å². The maximum Gasteiger partial charge on any atom is 0.406 e. The van der Waals surface area contributed by atoms with Crippen LogP contribution in [0.5, 0.6) is 0 Å². The molecule has 0 bridgehead atoms. The number of hydrogen-bond donors (Lipinski definition) is 1. The Morgan fingerprint density at radius 2 is 2.22 bits per heavy atom. The second-order valence-corrected chi connectivity index (χ2v) is 4.53. The minimum atomic E-state index is -4.50. The van der Waals surface area contributed by atoms with E-state index in [-0.39, 0.29) is 0 Å². The Balaban J connectivity index is 2.08. The fourth-order valence-electron chi connectivity index (χ4n) is 1.42. The molecular formula is C11H8F3N3S. The van der Waals surface area contributed by atoms with E-state index in [1.807, 2.05) is 0 Å². The van der Waals surface area contributed by atoms with E-state index in [0.717, 1.165) is 10.2 Å². The molecule has 0 spiro atoms. The molecule has 2 rings (SSSR count). The molecule has 1 N–H and O–H groups in total. The van der Waals surface area contributed by atoms with Gasteiger partial charge >= 0.3 is 6.18 Å². The molecular weight excluding hydrogens is 263 g/mol. The molecule has 0 saturated heterocycles. The van der Waals surface area contributed by atoms with Gasteiger partial charge < -0.3 is 5.32 Å². The number of halogens is 3. The van der Waals surface area contributed by atoms with Gasteiger partial charge in [0.2, 0.25) is 0 Å². The number of fused-ring (bicyclic) bond motifs is 1. The molecule has 0 saturated carbocycles. The zero-order chi connectivity index (χ0) is 13.2. The zero-order valence-corrected chi connectivity index (χ0v) is 9.85. The van der Waals surface area contributed by atoms with Crippen molar-refractivity contribution in [2.24, 2.45) is 5.92 Å². The van der Waals surface area contributed by atoms with Crippen molar-refractivity contribution < 1.29 is 13.2 Å². The molecule has 18 heavy (non-hydrogen) atoms. The van der Waals surface area contributed by atoms with Crippen molar-refractivity contribution in [1.29, 1.82) is 5.26 Å². The molecule has 1 heterocycles. The molecule has 1 atom stereocenters. The highest BCUT2D eigenvalue weighted by atomic mass is 32.1. The minimum Gasteiger partial charge on any atom is -0.383 e. The van der Waals surface area contributed by atoms with E-state index in [1.54, 1.807) is 23.7 Å². The second kappa shape index (κ2) is 4.82.